The normalized spacial score (nSPS) is 10.2. The van der Waals surface area contributed by atoms with Gasteiger partial charge in [0.1, 0.15) is 0 Å². The fourth-order valence-corrected chi connectivity index (χ4v) is 2.46. The highest BCUT2D eigenvalue weighted by molar-refractivity contribution is 6.04. The van der Waals surface area contributed by atoms with Gasteiger partial charge in [-0.2, -0.15) is 5.26 Å². The summed E-state index contributed by atoms with van der Waals surface area (Å²) >= 11 is 0. The largest absolute Gasteiger partial charge is 0.462 e. The van der Waals surface area contributed by atoms with Gasteiger partial charge >= 0.3 is 11.9 Å². The smallest absolute Gasteiger partial charge is 0.338 e. The van der Waals surface area contributed by atoms with E-state index in [1.54, 1.807) is 38.1 Å². The van der Waals surface area contributed by atoms with Gasteiger partial charge < -0.3 is 14.8 Å². The summed E-state index contributed by atoms with van der Waals surface area (Å²) in [7, 11) is 0. The number of ether oxygens (including phenoxy) is 2. The summed E-state index contributed by atoms with van der Waals surface area (Å²) in [5.41, 5.74) is 1.50. The molecule has 29 heavy (non-hydrogen) atoms. The summed E-state index contributed by atoms with van der Waals surface area (Å²) in [5.74, 6) is -1.73. The van der Waals surface area contributed by atoms with E-state index in [0.717, 1.165) is 0 Å². The number of nitriles is 1. The molecule has 0 aliphatic carbocycles. The Hall–Kier alpha value is -3.92. The molecule has 0 spiro atoms. The van der Waals surface area contributed by atoms with Crippen molar-refractivity contribution in [2.75, 3.05) is 18.5 Å². The summed E-state index contributed by atoms with van der Waals surface area (Å²) in [5, 5.41) is 11.7. The molecule has 0 bridgehead atoms. The first-order valence-electron chi connectivity index (χ1n) is 8.96. The molecule has 7 nitrogen and oxygen atoms in total. The average Bonchev–Trinajstić information content (AvgIpc) is 2.72. The molecule has 2 aromatic carbocycles. The Morgan fingerprint density at radius 2 is 1.59 bits per heavy atom. The van der Waals surface area contributed by atoms with E-state index in [4.69, 9.17) is 14.7 Å². The van der Waals surface area contributed by atoms with Crippen LogP contribution in [0.15, 0.2) is 48.5 Å². The minimum atomic E-state index is -0.618. The van der Waals surface area contributed by atoms with Crippen LogP contribution in [0.25, 0.3) is 6.08 Å². The Morgan fingerprint density at radius 3 is 2.14 bits per heavy atom. The van der Waals surface area contributed by atoms with Crippen LogP contribution in [0.4, 0.5) is 5.69 Å². The maximum Gasteiger partial charge on any atom is 0.338 e. The minimum Gasteiger partial charge on any atom is -0.462 e. The molecule has 0 unspecified atom stereocenters. The molecule has 2 aromatic rings. The molecular weight excluding hydrogens is 372 g/mol. The van der Waals surface area contributed by atoms with Crippen molar-refractivity contribution in [2.45, 2.75) is 13.8 Å². The second kappa shape index (κ2) is 10.4. The Kier molecular flexibility index (Phi) is 7.68. The van der Waals surface area contributed by atoms with Gasteiger partial charge in [-0.3, -0.25) is 4.79 Å². The van der Waals surface area contributed by atoms with Crippen LogP contribution < -0.4 is 5.32 Å². The van der Waals surface area contributed by atoms with Crippen molar-refractivity contribution in [3.63, 3.8) is 0 Å². The number of amides is 1. The lowest BCUT2D eigenvalue weighted by Crippen LogP contribution is -2.13. The first kappa shape index (κ1) is 21.4. The molecule has 1 amide bonds. The van der Waals surface area contributed by atoms with Crippen LogP contribution >= 0.6 is 0 Å². The van der Waals surface area contributed by atoms with Crippen LogP contribution in [0.5, 0.6) is 0 Å². The number of nitrogens with zero attached hydrogens (tertiary/aromatic N) is 1. The van der Waals surface area contributed by atoms with E-state index in [9.17, 15) is 14.4 Å². The zero-order valence-corrected chi connectivity index (χ0v) is 16.1. The Bertz CT molecular complexity index is 953. The lowest BCUT2D eigenvalue weighted by Gasteiger charge is -2.09. The van der Waals surface area contributed by atoms with E-state index in [0.29, 0.717) is 11.1 Å². The van der Waals surface area contributed by atoms with Crippen molar-refractivity contribution in [3.05, 3.63) is 70.8 Å². The molecule has 1 N–H and O–H groups in total. The first-order valence-corrected chi connectivity index (χ1v) is 8.96. The first-order chi connectivity index (χ1) is 14.0. The predicted octanol–water partition coefficient (Wildman–Crippen LogP) is 3.56. The maximum absolute atomic E-state index is 12.3. The fourth-order valence-electron chi connectivity index (χ4n) is 2.46. The number of esters is 2. The van der Waals surface area contributed by atoms with Crippen LogP contribution in [0.3, 0.4) is 0 Å². The third kappa shape index (κ3) is 6.04. The second-order valence-electron chi connectivity index (χ2n) is 5.76. The quantitative estimate of drug-likeness (QED) is 0.570. The Morgan fingerprint density at radius 1 is 1.00 bits per heavy atom. The van der Waals surface area contributed by atoms with Gasteiger partial charge in [0, 0.05) is 11.8 Å². The van der Waals surface area contributed by atoms with E-state index < -0.39 is 17.8 Å². The van der Waals surface area contributed by atoms with E-state index in [-0.39, 0.29) is 30.0 Å². The zero-order valence-electron chi connectivity index (χ0n) is 16.1. The summed E-state index contributed by atoms with van der Waals surface area (Å²) in [4.78, 5) is 36.4. The second-order valence-corrected chi connectivity index (χ2v) is 5.76. The van der Waals surface area contributed by atoms with Crippen LogP contribution in [-0.2, 0) is 14.3 Å². The Balaban J connectivity index is 2.26. The number of hydrogen-bond donors (Lipinski definition) is 1. The molecule has 0 fully saturated rings. The van der Waals surface area contributed by atoms with Crippen molar-refractivity contribution in [3.8, 4) is 6.07 Å². The highest BCUT2D eigenvalue weighted by Crippen LogP contribution is 2.18. The number of rotatable bonds is 7. The van der Waals surface area contributed by atoms with Crippen LogP contribution in [0.2, 0.25) is 0 Å². The third-order valence-electron chi connectivity index (χ3n) is 3.72. The van der Waals surface area contributed by atoms with Crippen LogP contribution in [0, 0.1) is 11.3 Å². The van der Waals surface area contributed by atoms with E-state index in [1.165, 1.54) is 30.4 Å². The fraction of sp³-hybridized carbons (Fsp3) is 0.182. The standard InChI is InChI=1S/C22H20N2O5/c1-3-28-21(26)17-11-18(22(27)29-4-2)13-19(12-17)24-20(25)10-9-15-7-5-6-8-16(15)14-23/h5-13H,3-4H2,1-2H3,(H,24,25)/b10-9+. The summed E-state index contributed by atoms with van der Waals surface area (Å²) < 4.78 is 9.93. The molecule has 2 rings (SSSR count). The summed E-state index contributed by atoms with van der Waals surface area (Å²) in [6.07, 6.45) is 2.77. The van der Waals surface area contributed by atoms with E-state index in [2.05, 4.69) is 5.32 Å². The molecule has 0 aromatic heterocycles. The SMILES string of the molecule is CCOC(=O)c1cc(NC(=O)/C=C/c2ccccc2C#N)cc(C(=O)OCC)c1. The molecule has 148 valence electrons. The molecule has 0 saturated heterocycles. The number of carbonyl (C=O) groups is 3. The van der Waals surface area contributed by atoms with Gasteiger partial charge in [0.05, 0.1) is 36.0 Å². The number of nitrogens with one attached hydrogen (secondary N) is 1. The average molecular weight is 392 g/mol. The maximum atomic E-state index is 12.3. The van der Waals surface area contributed by atoms with Crippen molar-refractivity contribution in [2.24, 2.45) is 0 Å². The molecule has 0 saturated carbocycles. The summed E-state index contributed by atoms with van der Waals surface area (Å²) in [6, 6.07) is 13.1. The lowest BCUT2D eigenvalue weighted by molar-refractivity contribution is -0.111. The number of hydrogen-bond acceptors (Lipinski definition) is 6. The molecule has 7 heteroatoms. The van der Waals surface area contributed by atoms with Crippen molar-refractivity contribution < 1.29 is 23.9 Å². The predicted molar refractivity (Wildman–Crippen MR) is 107 cm³/mol. The molecule has 0 aliphatic heterocycles. The van der Waals surface area contributed by atoms with Gasteiger partial charge in [-0.25, -0.2) is 9.59 Å². The monoisotopic (exact) mass is 392 g/mol. The van der Waals surface area contributed by atoms with E-state index in [1.807, 2.05) is 6.07 Å². The molecule has 0 heterocycles. The van der Waals surface area contributed by atoms with Crippen molar-refractivity contribution in [1.29, 1.82) is 5.26 Å². The third-order valence-corrected chi connectivity index (χ3v) is 3.72. The molecule has 0 atom stereocenters. The van der Waals surface area contributed by atoms with Crippen molar-refractivity contribution >= 4 is 29.6 Å². The lowest BCUT2D eigenvalue weighted by atomic mass is 10.1. The van der Waals surface area contributed by atoms with Crippen LogP contribution in [-0.4, -0.2) is 31.1 Å². The number of anilines is 1. The zero-order chi connectivity index (χ0) is 21.2. The van der Waals surface area contributed by atoms with Gasteiger partial charge in [0.25, 0.3) is 0 Å². The number of benzene rings is 2. The van der Waals surface area contributed by atoms with E-state index >= 15 is 0 Å². The number of carbonyl (C=O) groups excluding carboxylic acids is 3. The van der Waals surface area contributed by atoms with Gasteiger partial charge in [-0.1, -0.05) is 18.2 Å². The van der Waals surface area contributed by atoms with Gasteiger partial charge in [-0.05, 0) is 49.8 Å². The highest BCUT2D eigenvalue weighted by atomic mass is 16.5. The topological polar surface area (TPSA) is 105 Å². The van der Waals surface area contributed by atoms with Gasteiger partial charge in [0.2, 0.25) is 5.91 Å². The van der Waals surface area contributed by atoms with Gasteiger partial charge in [0.15, 0.2) is 0 Å². The van der Waals surface area contributed by atoms with Gasteiger partial charge in [-0.15, -0.1) is 0 Å². The van der Waals surface area contributed by atoms with Crippen molar-refractivity contribution in [1.82, 2.24) is 0 Å². The molecular formula is C22H20N2O5. The summed E-state index contributed by atoms with van der Waals surface area (Å²) in [6.45, 7) is 3.68. The molecule has 0 aliphatic rings. The highest BCUT2D eigenvalue weighted by Gasteiger charge is 2.15. The minimum absolute atomic E-state index is 0.117. The Labute approximate surface area is 168 Å². The van der Waals surface area contributed by atoms with Crippen LogP contribution in [0.1, 0.15) is 45.7 Å². The molecule has 0 radical (unpaired) electrons.